The first-order valence-corrected chi connectivity index (χ1v) is 9.52. The van der Waals surface area contributed by atoms with E-state index < -0.39 is 5.97 Å². The van der Waals surface area contributed by atoms with Gasteiger partial charge in [-0.3, -0.25) is 4.79 Å². The third-order valence-corrected chi connectivity index (χ3v) is 5.08. The Balaban J connectivity index is 1.41. The Kier molecular flexibility index (Phi) is 5.34. The molecule has 2 aliphatic heterocycles. The number of carbonyl (C=O) groups is 2. The van der Waals surface area contributed by atoms with Crippen molar-refractivity contribution >= 4 is 11.9 Å². The lowest BCUT2D eigenvalue weighted by Gasteiger charge is -2.26. The van der Waals surface area contributed by atoms with E-state index in [0.717, 1.165) is 18.4 Å². The Morgan fingerprint density at radius 1 is 1.14 bits per heavy atom. The average molecular weight is 392 g/mol. The number of nitrogens with zero attached hydrogens (tertiary/aromatic N) is 2. The summed E-state index contributed by atoms with van der Waals surface area (Å²) >= 11 is 0. The highest BCUT2D eigenvalue weighted by Gasteiger charge is 2.31. The number of hydrogen-bond acceptors (Lipinski definition) is 6. The van der Waals surface area contributed by atoms with E-state index in [1.807, 2.05) is 24.3 Å². The summed E-state index contributed by atoms with van der Waals surface area (Å²) in [4.78, 5) is 26.7. The molecule has 2 aliphatic rings. The van der Waals surface area contributed by atoms with Crippen LogP contribution in [0, 0.1) is 11.3 Å². The number of likely N-dealkylation sites (tertiary alicyclic amines) is 1. The van der Waals surface area contributed by atoms with Crippen molar-refractivity contribution in [3.8, 4) is 17.6 Å². The van der Waals surface area contributed by atoms with Crippen LogP contribution in [0.5, 0.6) is 11.5 Å². The Morgan fingerprint density at radius 2 is 1.97 bits per heavy atom. The van der Waals surface area contributed by atoms with Crippen molar-refractivity contribution < 1.29 is 23.8 Å². The molecule has 1 unspecified atom stereocenters. The van der Waals surface area contributed by atoms with Crippen LogP contribution in [0.2, 0.25) is 0 Å². The zero-order chi connectivity index (χ0) is 20.2. The van der Waals surface area contributed by atoms with Crippen LogP contribution in [0.4, 0.5) is 0 Å². The van der Waals surface area contributed by atoms with Crippen LogP contribution in [-0.2, 0) is 9.53 Å². The van der Waals surface area contributed by atoms with Gasteiger partial charge in [0.1, 0.15) is 13.2 Å². The van der Waals surface area contributed by atoms with Gasteiger partial charge in [-0.1, -0.05) is 12.1 Å². The number of hydrogen-bond donors (Lipinski definition) is 0. The van der Waals surface area contributed by atoms with Crippen molar-refractivity contribution in [2.24, 2.45) is 0 Å². The maximum Gasteiger partial charge on any atom is 0.338 e. The largest absolute Gasteiger partial charge is 0.486 e. The molecule has 4 rings (SSSR count). The van der Waals surface area contributed by atoms with Crippen molar-refractivity contribution in [3.05, 3.63) is 59.2 Å². The Labute approximate surface area is 168 Å². The molecule has 1 fully saturated rings. The van der Waals surface area contributed by atoms with Crippen LogP contribution in [0.1, 0.15) is 40.4 Å². The van der Waals surface area contributed by atoms with E-state index in [9.17, 15) is 9.59 Å². The molecule has 0 radical (unpaired) electrons. The molecule has 2 heterocycles. The van der Waals surface area contributed by atoms with Gasteiger partial charge >= 0.3 is 5.97 Å². The van der Waals surface area contributed by atoms with Crippen molar-refractivity contribution in [2.75, 3.05) is 26.4 Å². The van der Waals surface area contributed by atoms with Gasteiger partial charge in [-0.05, 0) is 48.7 Å². The molecule has 0 N–H and O–H groups in total. The SMILES string of the molecule is N#Cc1cccc(C(=O)OCC(=O)N2CCCC2c2ccc3c(c2)OCCO3)c1. The molecule has 1 atom stereocenters. The summed E-state index contributed by atoms with van der Waals surface area (Å²) in [7, 11) is 0. The molecule has 148 valence electrons. The average Bonchev–Trinajstić information content (AvgIpc) is 3.27. The lowest BCUT2D eigenvalue weighted by molar-refractivity contribution is -0.135. The smallest absolute Gasteiger partial charge is 0.338 e. The molecule has 0 spiro atoms. The third-order valence-electron chi connectivity index (χ3n) is 5.08. The number of nitriles is 1. The second-order valence-electron chi connectivity index (χ2n) is 6.92. The van der Waals surface area contributed by atoms with Gasteiger partial charge in [-0.15, -0.1) is 0 Å². The lowest BCUT2D eigenvalue weighted by atomic mass is 10.0. The summed E-state index contributed by atoms with van der Waals surface area (Å²) < 4.78 is 16.4. The number of amides is 1. The minimum absolute atomic E-state index is 0.0843. The first-order valence-electron chi connectivity index (χ1n) is 9.52. The van der Waals surface area contributed by atoms with E-state index in [4.69, 9.17) is 19.5 Å². The van der Waals surface area contributed by atoms with E-state index >= 15 is 0 Å². The van der Waals surface area contributed by atoms with Crippen LogP contribution in [0.25, 0.3) is 0 Å². The molecular formula is C22H20N2O5. The Morgan fingerprint density at radius 3 is 2.79 bits per heavy atom. The zero-order valence-electron chi connectivity index (χ0n) is 15.8. The first kappa shape index (κ1) is 18.8. The van der Waals surface area contributed by atoms with E-state index in [1.54, 1.807) is 23.1 Å². The van der Waals surface area contributed by atoms with Crippen molar-refractivity contribution in [1.82, 2.24) is 4.90 Å². The topological polar surface area (TPSA) is 88.9 Å². The summed E-state index contributed by atoms with van der Waals surface area (Å²) in [5.41, 5.74) is 1.60. The highest BCUT2D eigenvalue weighted by molar-refractivity contribution is 5.91. The highest BCUT2D eigenvalue weighted by Crippen LogP contribution is 2.38. The third kappa shape index (κ3) is 4.02. The number of fused-ring (bicyclic) bond motifs is 1. The minimum atomic E-state index is -0.620. The zero-order valence-corrected chi connectivity index (χ0v) is 15.8. The minimum Gasteiger partial charge on any atom is -0.486 e. The van der Waals surface area contributed by atoms with Gasteiger partial charge in [0.2, 0.25) is 0 Å². The summed E-state index contributed by atoms with van der Waals surface area (Å²) in [5, 5.41) is 8.94. The maximum absolute atomic E-state index is 12.7. The lowest BCUT2D eigenvalue weighted by Crippen LogP contribution is -2.34. The quantitative estimate of drug-likeness (QED) is 0.744. The molecule has 2 aromatic carbocycles. The fourth-order valence-corrected chi connectivity index (χ4v) is 3.69. The highest BCUT2D eigenvalue weighted by atomic mass is 16.6. The molecule has 1 amide bonds. The normalized spacial score (nSPS) is 17.5. The van der Waals surface area contributed by atoms with Crippen molar-refractivity contribution in [1.29, 1.82) is 5.26 Å². The summed E-state index contributed by atoms with van der Waals surface area (Å²) in [6.45, 7) is 1.31. The first-order chi connectivity index (χ1) is 14.2. The molecule has 2 aromatic rings. The van der Waals surface area contributed by atoms with Gasteiger partial charge < -0.3 is 19.1 Å². The van der Waals surface area contributed by atoms with Gasteiger partial charge in [0.05, 0.1) is 23.2 Å². The molecule has 7 heteroatoms. The van der Waals surface area contributed by atoms with E-state index in [-0.39, 0.29) is 24.1 Å². The molecule has 0 aromatic heterocycles. The fraction of sp³-hybridized carbons (Fsp3) is 0.318. The predicted octanol–water partition coefficient (Wildman–Crippen LogP) is 2.85. The molecule has 7 nitrogen and oxygen atoms in total. The molecule has 0 bridgehead atoms. The number of benzene rings is 2. The van der Waals surface area contributed by atoms with E-state index in [0.29, 0.717) is 36.8 Å². The second kappa shape index (κ2) is 8.23. The molecule has 0 aliphatic carbocycles. The molecule has 29 heavy (non-hydrogen) atoms. The summed E-state index contributed by atoms with van der Waals surface area (Å²) in [5.74, 6) is 0.541. The summed E-state index contributed by atoms with van der Waals surface area (Å²) in [6.07, 6.45) is 1.71. The van der Waals surface area contributed by atoms with Crippen LogP contribution in [-0.4, -0.2) is 43.1 Å². The van der Waals surface area contributed by atoms with Gasteiger partial charge in [0, 0.05) is 6.54 Å². The molecular weight excluding hydrogens is 372 g/mol. The fourth-order valence-electron chi connectivity index (χ4n) is 3.69. The van der Waals surface area contributed by atoms with Crippen LogP contribution < -0.4 is 9.47 Å². The van der Waals surface area contributed by atoms with Gasteiger partial charge in [0.15, 0.2) is 18.1 Å². The van der Waals surface area contributed by atoms with Gasteiger partial charge in [-0.25, -0.2) is 4.79 Å². The predicted molar refractivity (Wildman–Crippen MR) is 103 cm³/mol. The standard InChI is InChI=1S/C22H20N2O5/c23-13-15-3-1-4-17(11-15)22(26)29-14-21(25)24-8-2-5-18(24)16-6-7-19-20(12-16)28-10-9-27-19/h1,3-4,6-7,11-12,18H,2,5,8-10,14H2. The van der Waals surface area contributed by atoms with Crippen LogP contribution in [0.15, 0.2) is 42.5 Å². The van der Waals surface area contributed by atoms with Gasteiger partial charge in [-0.2, -0.15) is 5.26 Å². The monoisotopic (exact) mass is 392 g/mol. The van der Waals surface area contributed by atoms with Crippen LogP contribution in [0.3, 0.4) is 0 Å². The summed E-state index contributed by atoms with van der Waals surface area (Å²) in [6, 6.07) is 13.8. The van der Waals surface area contributed by atoms with E-state index in [1.165, 1.54) is 6.07 Å². The Hall–Kier alpha value is -3.53. The second-order valence-corrected chi connectivity index (χ2v) is 6.92. The molecule has 1 saturated heterocycles. The number of carbonyl (C=O) groups excluding carboxylic acids is 2. The van der Waals surface area contributed by atoms with Crippen molar-refractivity contribution in [2.45, 2.75) is 18.9 Å². The van der Waals surface area contributed by atoms with Crippen LogP contribution >= 0.6 is 0 Å². The van der Waals surface area contributed by atoms with Crippen molar-refractivity contribution in [3.63, 3.8) is 0 Å². The number of rotatable bonds is 4. The number of ether oxygens (including phenoxy) is 3. The molecule has 0 saturated carbocycles. The van der Waals surface area contributed by atoms with E-state index in [2.05, 4.69) is 0 Å². The maximum atomic E-state index is 12.7. The number of esters is 1. The van der Waals surface area contributed by atoms with Gasteiger partial charge in [0.25, 0.3) is 5.91 Å². The Bertz CT molecular complexity index is 981.